The summed E-state index contributed by atoms with van der Waals surface area (Å²) in [7, 11) is 6.47. The first-order chi connectivity index (χ1) is 15.7. The number of hydrogen-bond acceptors (Lipinski definition) is 6. The van der Waals surface area contributed by atoms with E-state index < -0.39 is 11.0 Å². The van der Waals surface area contributed by atoms with Gasteiger partial charge in [-0.1, -0.05) is 32.4 Å². The van der Waals surface area contributed by atoms with Crippen molar-refractivity contribution in [3.63, 3.8) is 0 Å². The third kappa shape index (κ3) is 5.36. The Morgan fingerprint density at radius 3 is 1.91 bits per heavy atom. The van der Waals surface area contributed by atoms with E-state index in [0.29, 0.717) is 17.9 Å². The number of rotatable bonds is 12. The van der Waals surface area contributed by atoms with Gasteiger partial charge < -0.3 is 24.7 Å². The van der Waals surface area contributed by atoms with E-state index in [4.69, 9.17) is 24.7 Å². The van der Waals surface area contributed by atoms with Gasteiger partial charge in [-0.05, 0) is 67.5 Å². The second-order valence-electron chi connectivity index (χ2n) is 8.96. The Morgan fingerprint density at radius 2 is 1.39 bits per heavy atom. The fourth-order valence-electron chi connectivity index (χ4n) is 4.78. The van der Waals surface area contributed by atoms with Crippen LogP contribution in [0.2, 0.25) is 0 Å². The van der Waals surface area contributed by atoms with Gasteiger partial charge in [-0.15, -0.1) is 0 Å². The molecule has 2 aromatic rings. The molecule has 180 valence electrons. The molecule has 2 atom stereocenters. The molecule has 2 aromatic carbocycles. The van der Waals surface area contributed by atoms with Crippen LogP contribution >= 0.6 is 0 Å². The van der Waals surface area contributed by atoms with E-state index in [9.17, 15) is 5.26 Å². The smallest absolute Gasteiger partial charge is 0.161 e. The molecule has 0 saturated heterocycles. The van der Waals surface area contributed by atoms with Crippen LogP contribution < -0.4 is 24.7 Å². The Morgan fingerprint density at radius 1 is 0.848 bits per heavy atom. The lowest BCUT2D eigenvalue weighted by molar-refractivity contribution is 0.210. The van der Waals surface area contributed by atoms with Crippen molar-refractivity contribution in [2.45, 2.75) is 57.4 Å². The third-order valence-electron chi connectivity index (χ3n) is 6.64. The topological polar surface area (TPSA) is 86.7 Å². The van der Waals surface area contributed by atoms with Gasteiger partial charge in [-0.3, -0.25) is 0 Å². The van der Waals surface area contributed by atoms with Crippen molar-refractivity contribution in [1.82, 2.24) is 0 Å². The predicted molar refractivity (Wildman–Crippen MR) is 131 cm³/mol. The van der Waals surface area contributed by atoms with Crippen LogP contribution in [0.3, 0.4) is 0 Å². The number of nitrogens with zero attached hydrogens (tertiary/aromatic N) is 1. The van der Waals surface area contributed by atoms with Gasteiger partial charge in [-0.25, -0.2) is 0 Å². The maximum absolute atomic E-state index is 10.4. The molecule has 0 aromatic heterocycles. The van der Waals surface area contributed by atoms with Gasteiger partial charge in [0.15, 0.2) is 23.0 Å². The van der Waals surface area contributed by atoms with E-state index in [0.717, 1.165) is 36.3 Å². The summed E-state index contributed by atoms with van der Waals surface area (Å²) in [6.07, 6.45) is 3.45. The Hall–Kier alpha value is -2.91. The number of nitrogens with two attached hydrogens (primary N) is 1. The van der Waals surface area contributed by atoms with Crippen molar-refractivity contribution in [3.05, 3.63) is 47.5 Å². The first-order valence-electron chi connectivity index (χ1n) is 11.3. The summed E-state index contributed by atoms with van der Waals surface area (Å²) < 4.78 is 21.6. The number of benzene rings is 2. The van der Waals surface area contributed by atoms with Crippen molar-refractivity contribution in [2.75, 3.05) is 28.4 Å². The van der Waals surface area contributed by atoms with Crippen LogP contribution in [-0.2, 0) is 11.8 Å². The lowest BCUT2D eigenvalue weighted by Crippen LogP contribution is -2.58. The maximum atomic E-state index is 10.4. The molecule has 0 aliphatic rings. The average molecular weight is 455 g/mol. The lowest BCUT2D eigenvalue weighted by Gasteiger charge is -2.45. The van der Waals surface area contributed by atoms with Crippen LogP contribution in [0.1, 0.15) is 51.2 Å². The molecule has 0 bridgehead atoms. The number of ether oxygens (including phenoxy) is 4. The van der Waals surface area contributed by atoms with E-state index in [1.54, 1.807) is 28.4 Å². The second-order valence-corrected chi connectivity index (χ2v) is 8.96. The normalized spacial score (nSPS) is 14.7. The summed E-state index contributed by atoms with van der Waals surface area (Å²) in [5.41, 5.74) is 7.34. The minimum atomic E-state index is -0.879. The molecule has 0 spiro atoms. The first-order valence-corrected chi connectivity index (χ1v) is 11.3. The fraction of sp³-hybridized carbons (Fsp3) is 0.519. The minimum absolute atomic E-state index is 0.00134. The highest BCUT2D eigenvalue weighted by atomic mass is 16.5. The molecule has 0 aliphatic heterocycles. The van der Waals surface area contributed by atoms with E-state index in [1.807, 2.05) is 37.3 Å². The number of unbranched alkanes of at least 4 members (excludes halogenated alkanes) is 1. The quantitative estimate of drug-likeness (QED) is 0.440. The van der Waals surface area contributed by atoms with Crippen molar-refractivity contribution in [2.24, 2.45) is 11.7 Å². The molecule has 0 radical (unpaired) electrons. The molecule has 2 rings (SSSR count). The van der Waals surface area contributed by atoms with Crippen molar-refractivity contribution in [1.29, 1.82) is 5.26 Å². The van der Waals surface area contributed by atoms with Gasteiger partial charge in [0.25, 0.3) is 0 Å². The summed E-state index contributed by atoms with van der Waals surface area (Å²) in [4.78, 5) is 0. The van der Waals surface area contributed by atoms with Crippen LogP contribution in [0.4, 0.5) is 0 Å². The zero-order valence-electron chi connectivity index (χ0n) is 21.0. The number of nitriles is 1. The summed E-state index contributed by atoms with van der Waals surface area (Å²) in [5, 5.41) is 10.4. The molecule has 0 saturated carbocycles. The van der Waals surface area contributed by atoms with E-state index in [-0.39, 0.29) is 5.92 Å². The molecular weight excluding hydrogens is 416 g/mol. The van der Waals surface area contributed by atoms with Crippen molar-refractivity contribution >= 4 is 0 Å². The average Bonchev–Trinajstić information content (AvgIpc) is 2.81. The number of aryl methyl sites for hydroxylation is 1. The second kappa shape index (κ2) is 11.3. The van der Waals surface area contributed by atoms with Crippen molar-refractivity contribution < 1.29 is 18.9 Å². The lowest BCUT2D eigenvalue weighted by atomic mass is 9.59. The first kappa shape index (κ1) is 26.3. The summed E-state index contributed by atoms with van der Waals surface area (Å²) >= 11 is 0. The largest absolute Gasteiger partial charge is 0.493 e. The van der Waals surface area contributed by atoms with Gasteiger partial charge >= 0.3 is 0 Å². The maximum Gasteiger partial charge on any atom is 0.161 e. The van der Waals surface area contributed by atoms with Gasteiger partial charge in [0.2, 0.25) is 0 Å². The van der Waals surface area contributed by atoms with Gasteiger partial charge in [0, 0.05) is 5.54 Å². The molecular formula is C27H38N2O4. The summed E-state index contributed by atoms with van der Waals surface area (Å²) in [6, 6.07) is 14.2. The standard InChI is InChI=1S/C27H38N2O4/c1-19(2)27(18-28,21-12-14-23(31-5)25(17-21)33-7)26(3,29)15-9-8-10-20-11-13-22(30-4)24(16-20)32-6/h11-14,16-17,19H,8-10,15,29H2,1-7H3. The van der Waals surface area contributed by atoms with E-state index in [2.05, 4.69) is 26.0 Å². The molecule has 2 unspecified atom stereocenters. The Balaban J connectivity index is 2.21. The van der Waals surface area contributed by atoms with Crippen LogP contribution in [0, 0.1) is 17.2 Å². The zero-order valence-corrected chi connectivity index (χ0v) is 21.0. The molecule has 0 aliphatic carbocycles. The van der Waals surface area contributed by atoms with Crippen LogP contribution in [-0.4, -0.2) is 34.0 Å². The van der Waals surface area contributed by atoms with E-state index in [1.165, 1.54) is 5.56 Å². The molecule has 6 nitrogen and oxygen atoms in total. The molecule has 0 heterocycles. The monoisotopic (exact) mass is 454 g/mol. The zero-order chi connectivity index (χ0) is 24.6. The molecule has 6 heteroatoms. The molecule has 0 amide bonds. The van der Waals surface area contributed by atoms with Gasteiger partial charge in [0.1, 0.15) is 5.41 Å². The SMILES string of the molecule is COc1ccc(CCCCC(C)(N)C(C#N)(c2ccc(OC)c(OC)c2)C(C)C)cc1OC. The van der Waals surface area contributed by atoms with E-state index >= 15 is 0 Å². The Kier molecular flexibility index (Phi) is 9.01. The third-order valence-corrected chi connectivity index (χ3v) is 6.64. The highest BCUT2D eigenvalue weighted by Gasteiger charge is 2.50. The minimum Gasteiger partial charge on any atom is -0.493 e. The molecule has 2 N–H and O–H groups in total. The van der Waals surface area contributed by atoms with Crippen LogP contribution in [0.25, 0.3) is 0 Å². The molecule has 33 heavy (non-hydrogen) atoms. The number of hydrogen-bond donors (Lipinski definition) is 1. The van der Waals surface area contributed by atoms with Crippen LogP contribution in [0.15, 0.2) is 36.4 Å². The number of methoxy groups -OCH3 is 4. The summed E-state index contributed by atoms with van der Waals surface area (Å²) in [5.74, 6) is 2.68. The molecule has 0 fully saturated rings. The summed E-state index contributed by atoms with van der Waals surface area (Å²) in [6.45, 7) is 6.09. The predicted octanol–water partition coefficient (Wildman–Crippen LogP) is 5.27. The highest BCUT2D eigenvalue weighted by molar-refractivity contribution is 5.49. The van der Waals surface area contributed by atoms with Gasteiger partial charge in [-0.2, -0.15) is 5.26 Å². The van der Waals surface area contributed by atoms with Gasteiger partial charge in [0.05, 0.1) is 34.5 Å². The fourth-order valence-corrected chi connectivity index (χ4v) is 4.78. The Labute approximate surface area is 198 Å². The van der Waals surface area contributed by atoms with Crippen molar-refractivity contribution in [3.8, 4) is 29.1 Å². The Bertz CT molecular complexity index is 965. The highest BCUT2D eigenvalue weighted by Crippen LogP contribution is 2.45. The van der Waals surface area contributed by atoms with Crippen LogP contribution in [0.5, 0.6) is 23.0 Å².